The topological polar surface area (TPSA) is 72.3 Å². The second kappa shape index (κ2) is 7.00. The van der Waals surface area contributed by atoms with Crippen LogP contribution in [-0.2, 0) is 16.1 Å². The van der Waals surface area contributed by atoms with Gasteiger partial charge in [0.25, 0.3) is 5.56 Å². The molecule has 3 rings (SSSR count). The molecular weight excluding hydrogens is 326 g/mol. The molecule has 1 fully saturated rings. The van der Waals surface area contributed by atoms with Crippen molar-refractivity contribution in [2.75, 3.05) is 12.3 Å². The van der Waals surface area contributed by atoms with E-state index in [1.54, 1.807) is 24.3 Å². The number of amides is 2. The molecule has 0 aliphatic carbocycles. The van der Waals surface area contributed by atoms with Gasteiger partial charge in [-0.2, -0.15) is 0 Å². The summed E-state index contributed by atoms with van der Waals surface area (Å²) in [5, 5.41) is 0.989. The van der Waals surface area contributed by atoms with Crippen LogP contribution in [0.3, 0.4) is 0 Å². The number of aromatic nitrogens is 2. The maximum Gasteiger partial charge on any atom is 0.262 e. The lowest BCUT2D eigenvalue weighted by atomic mass is 10.2. The summed E-state index contributed by atoms with van der Waals surface area (Å²) in [6, 6.07) is 7.10. The summed E-state index contributed by atoms with van der Waals surface area (Å²) in [6.07, 6.45) is 2.75. The molecule has 0 unspecified atom stereocenters. The fraction of sp³-hybridized carbons (Fsp3) is 0.294. The quantitative estimate of drug-likeness (QED) is 0.470. The van der Waals surface area contributed by atoms with E-state index in [-0.39, 0.29) is 23.1 Å². The third-order valence-electron chi connectivity index (χ3n) is 3.84. The summed E-state index contributed by atoms with van der Waals surface area (Å²) in [5.74, 6) is -0.293. The standard InChI is InChI=1S/C17H17N3O3S/c1-2-9-20-16(23)12-6-3-4-7-13(12)18-17(20)24-11-15(22)19-10-5-8-14(19)21/h2-4,6-7H,1,5,8-11H2. The van der Waals surface area contributed by atoms with Crippen LogP contribution in [0.5, 0.6) is 0 Å². The smallest absolute Gasteiger partial charge is 0.262 e. The number of imide groups is 1. The second-order valence-corrected chi connectivity index (χ2v) is 6.39. The van der Waals surface area contributed by atoms with E-state index in [2.05, 4.69) is 11.6 Å². The molecule has 1 aromatic carbocycles. The van der Waals surface area contributed by atoms with E-state index in [1.807, 2.05) is 6.07 Å². The molecule has 0 atom stereocenters. The number of likely N-dealkylation sites (tertiary alicyclic amines) is 1. The number of carbonyl (C=O) groups excluding carboxylic acids is 2. The highest BCUT2D eigenvalue weighted by molar-refractivity contribution is 7.99. The van der Waals surface area contributed by atoms with Gasteiger partial charge in [0, 0.05) is 19.5 Å². The van der Waals surface area contributed by atoms with Crippen LogP contribution in [0, 0.1) is 0 Å². The zero-order valence-electron chi connectivity index (χ0n) is 13.1. The van der Waals surface area contributed by atoms with Gasteiger partial charge in [-0.15, -0.1) is 6.58 Å². The number of allylic oxidation sites excluding steroid dienone is 1. The summed E-state index contributed by atoms with van der Waals surface area (Å²) >= 11 is 1.17. The van der Waals surface area contributed by atoms with Gasteiger partial charge < -0.3 is 0 Å². The van der Waals surface area contributed by atoms with Crippen LogP contribution in [-0.4, -0.2) is 38.6 Å². The Bertz CT molecular complexity index is 875. The molecular formula is C17H17N3O3S. The van der Waals surface area contributed by atoms with Crippen LogP contribution in [0.1, 0.15) is 12.8 Å². The molecule has 0 radical (unpaired) electrons. The Morgan fingerprint density at radius 2 is 2.12 bits per heavy atom. The Hall–Kier alpha value is -2.41. The van der Waals surface area contributed by atoms with Gasteiger partial charge in [0.2, 0.25) is 11.8 Å². The van der Waals surface area contributed by atoms with E-state index in [4.69, 9.17) is 0 Å². The lowest BCUT2D eigenvalue weighted by molar-refractivity contribution is -0.140. The van der Waals surface area contributed by atoms with Gasteiger partial charge in [0.15, 0.2) is 5.16 Å². The minimum atomic E-state index is -0.241. The summed E-state index contributed by atoms with van der Waals surface area (Å²) in [6.45, 7) is 4.46. The molecule has 124 valence electrons. The largest absolute Gasteiger partial charge is 0.283 e. The molecule has 1 aromatic heterocycles. The number of benzene rings is 1. The molecule has 0 bridgehead atoms. The first kappa shape index (κ1) is 16.4. The van der Waals surface area contributed by atoms with Crippen molar-refractivity contribution < 1.29 is 9.59 Å². The number of nitrogens with zero attached hydrogens (tertiary/aromatic N) is 3. The fourth-order valence-electron chi connectivity index (χ4n) is 2.66. The van der Waals surface area contributed by atoms with Crippen molar-refractivity contribution in [2.24, 2.45) is 0 Å². The van der Waals surface area contributed by atoms with Crippen molar-refractivity contribution in [2.45, 2.75) is 24.5 Å². The molecule has 1 saturated heterocycles. The van der Waals surface area contributed by atoms with E-state index in [0.29, 0.717) is 42.0 Å². The molecule has 2 amide bonds. The number of hydrogen-bond donors (Lipinski definition) is 0. The molecule has 0 saturated carbocycles. The lowest BCUT2D eigenvalue weighted by Gasteiger charge is -2.14. The second-order valence-electron chi connectivity index (χ2n) is 5.45. The maximum absolute atomic E-state index is 12.6. The zero-order valence-corrected chi connectivity index (χ0v) is 13.9. The number of carbonyl (C=O) groups is 2. The van der Waals surface area contributed by atoms with E-state index in [9.17, 15) is 14.4 Å². The zero-order chi connectivity index (χ0) is 17.1. The van der Waals surface area contributed by atoms with Crippen LogP contribution >= 0.6 is 11.8 Å². The Morgan fingerprint density at radius 1 is 1.33 bits per heavy atom. The summed E-state index contributed by atoms with van der Waals surface area (Å²) in [4.78, 5) is 42.2. The van der Waals surface area contributed by atoms with Gasteiger partial charge in [0.1, 0.15) is 0 Å². The molecule has 1 aliphatic rings. The Labute approximate surface area is 143 Å². The normalized spacial score (nSPS) is 14.3. The van der Waals surface area contributed by atoms with Crippen molar-refractivity contribution in [1.29, 1.82) is 0 Å². The van der Waals surface area contributed by atoms with Crippen LogP contribution < -0.4 is 5.56 Å². The number of rotatable bonds is 5. The average molecular weight is 343 g/mol. The van der Waals surface area contributed by atoms with Crippen molar-refractivity contribution in [3.05, 3.63) is 47.3 Å². The van der Waals surface area contributed by atoms with E-state index in [1.165, 1.54) is 21.2 Å². The highest BCUT2D eigenvalue weighted by Crippen LogP contribution is 2.20. The van der Waals surface area contributed by atoms with Gasteiger partial charge >= 0.3 is 0 Å². The third kappa shape index (κ3) is 3.12. The number of para-hydroxylation sites is 1. The minimum Gasteiger partial charge on any atom is -0.283 e. The molecule has 2 aromatic rings. The van der Waals surface area contributed by atoms with Crippen molar-refractivity contribution >= 4 is 34.5 Å². The summed E-state index contributed by atoms with van der Waals surface area (Å²) < 4.78 is 1.50. The number of fused-ring (bicyclic) bond motifs is 1. The summed E-state index contributed by atoms with van der Waals surface area (Å²) in [5.41, 5.74) is 0.433. The van der Waals surface area contributed by atoms with Gasteiger partial charge in [-0.25, -0.2) is 4.98 Å². The highest BCUT2D eigenvalue weighted by Gasteiger charge is 2.26. The average Bonchev–Trinajstić information content (AvgIpc) is 3.02. The first-order valence-electron chi connectivity index (χ1n) is 7.68. The van der Waals surface area contributed by atoms with Gasteiger partial charge in [-0.05, 0) is 18.6 Å². The SMILES string of the molecule is C=CCn1c(SCC(=O)N2CCCC2=O)nc2ccccc2c1=O. The third-order valence-corrected chi connectivity index (χ3v) is 4.80. The Kier molecular flexibility index (Phi) is 4.80. The molecule has 6 nitrogen and oxygen atoms in total. The molecule has 0 N–H and O–H groups in total. The lowest BCUT2D eigenvalue weighted by Crippen LogP contribution is -2.33. The number of hydrogen-bond acceptors (Lipinski definition) is 5. The van der Waals surface area contributed by atoms with Crippen LogP contribution in [0.2, 0.25) is 0 Å². The molecule has 1 aliphatic heterocycles. The predicted molar refractivity (Wildman–Crippen MR) is 92.9 cm³/mol. The van der Waals surface area contributed by atoms with Gasteiger partial charge in [0.05, 0.1) is 16.7 Å². The number of thioether (sulfide) groups is 1. The van der Waals surface area contributed by atoms with Crippen LogP contribution in [0.15, 0.2) is 46.9 Å². The maximum atomic E-state index is 12.6. The first-order chi connectivity index (χ1) is 11.6. The fourth-order valence-corrected chi connectivity index (χ4v) is 3.55. The Balaban J connectivity index is 1.89. The van der Waals surface area contributed by atoms with Crippen molar-refractivity contribution in [1.82, 2.24) is 14.5 Å². The first-order valence-corrected chi connectivity index (χ1v) is 8.67. The Morgan fingerprint density at radius 3 is 2.83 bits per heavy atom. The van der Waals surface area contributed by atoms with Gasteiger partial charge in [-0.1, -0.05) is 30.0 Å². The predicted octanol–water partition coefficient (Wildman–Crippen LogP) is 1.82. The molecule has 24 heavy (non-hydrogen) atoms. The monoisotopic (exact) mass is 343 g/mol. The van der Waals surface area contributed by atoms with Crippen molar-refractivity contribution in [3.63, 3.8) is 0 Å². The van der Waals surface area contributed by atoms with E-state index >= 15 is 0 Å². The van der Waals surface area contributed by atoms with E-state index < -0.39 is 0 Å². The minimum absolute atomic E-state index is 0.0770. The molecule has 7 heteroatoms. The van der Waals surface area contributed by atoms with Crippen molar-refractivity contribution in [3.8, 4) is 0 Å². The summed E-state index contributed by atoms with van der Waals surface area (Å²) in [7, 11) is 0. The van der Waals surface area contributed by atoms with Crippen LogP contribution in [0.4, 0.5) is 0 Å². The van der Waals surface area contributed by atoms with Gasteiger partial charge in [-0.3, -0.25) is 23.9 Å². The van der Waals surface area contributed by atoms with Crippen LogP contribution in [0.25, 0.3) is 10.9 Å². The highest BCUT2D eigenvalue weighted by atomic mass is 32.2. The molecule has 2 heterocycles. The van der Waals surface area contributed by atoms with E-state index in [0.717, 1.165) is 0 Å². The molecule has 0 spiro atoms.